The molecule has 0 aromatic heterocycles. The van der Waals surface area contributed by atoms with E-state index in [1.165, 1.54) is 6.07 Å². The number of unbranched alkanes of at least 4 members (excludes halogenated alkanes) is 2. The number of hydrogen-bond donors (Lipinski definition) is 2. The molecule has 0 aliphatic rings. The van der Waals surface area contributed by atoms with Crippen molar-refractivity contribution in [3.63, 3.8) is 0 Å². The van der Waals surface area contributed by atoms with Gasteiger partial charge in [-0.1, -0.05) is 45.1 Å². The summed E-state index contributed by atoms with van der Waals surface area (Å²) < 4.78 is 53.1. The van der Waals surface area contributed by atoms with Crippen LogP contribution in [0, 0.1) is 0 Å². The lowest BCUT2D eigenvalue weighted by Gasteiger charge is -2.16. The highest BCUT2D eigenvalue weighted by Crippen LogP contribution is 2.37. The fraction of sp³-hybridized carbons (Fsp3) is 0.429. The van der Waals surface area contributed by atoms with Gasteiger partial charge in [0.05, 0.1) is 32.0 Å². The maximum atomic E-state index is 13.9. The van der Waals surface area contributed by atoms with Crippen molar-refractivity contribution < 1.29 is 32.9 Å². The Morgan fingerprint density at radius 2 is 1.40 bits per heavy atom. The Kier molecular flexibility index (Phi) is 11.3. The summed E-state index contributed by atoms with van der Waals surface area (Å²) >= 11 is 0. The van der Waals surface area contributed by atoms with Crippen LogP contribution in [0.25, 0.3) is 11.1 Å². The maximum absolute atomic E-state index is 13.9. The van der Waals surface area contributed by atoms with Gasteiger partial charge in [-0.25, -0.2) is 0 Å². The zero-order valence-corrected chi connectivity index (χ0v) is 20.3. The lowest BCUT2D eigenvalue weighted by atomic mass is 9.95. The Morgan fingerprint density at radius 3 is 1.89 bits per heavy atom. The highest BCUT2D eigenvalue weighted by molar-refractivity contribution is 5.68. The van der Waals surface area contributed by atoms with Gasteiger partial charge in [0.25, 0.3) is 0 Å². The molecule has 0 heterocycles. The number of aliphatic hydroxyl groups is 2. The van der Waals surface area contributed by atoms with Gasteiger partial charge in [-0.2, -0.15) is 13.2 Å². The van der Waals surface area contributed by atoms with Crippen LogP contribution >= 0.6 is 0 Å². The minimum atomic E-state index is -4.46. The van der Waals surface area contributed by atoms with Crippen molar-refractivity contribution in [3.8, 4) is 22.6 Å². The average molecular weight is 493 g/mol. The molecule has 0 atom stereocenters. The normalized spacial score (nSPS) is 11.4. The van der Waals surface area contributed by atoms with Gasteiger partial charge in [-0.15, -0.1) is 0 Å². The molecule has 0 aliphatic heterocycles. The molecule has 2 rings (SSSR count). The molecule has 2 aromatic rings. The van der Waals surface area contributed by atoms with Gasteiger partial charge in [-0.3, -0.25) is 0 Å². The number of aliphatic hydroxyl groups excluding tert-OH is 2. The molecular formula is C28H35F3O4. The molecule has 0 bridgehead atoms. The molecule has 0 unspecified atom stereocenters. The van der Waals surface area contributed by atoms with Crippen LogP contribution < -0.4 is 9.47 Å². The molecule has 2 aromatic carbocycles. The third-order valence-electron chi connectivity index (χ3n) is 5.57. The van der Waals surface area contributed by atoms with Crippen molar-refractivity contribution in [2.45, 2.75) is 51.6 Å². The standard InChI is InChI=1S/C28H35F3O4/c1-4-5-6-7-22-8-9-23(16-27(22)28(29,30)31)24-14-25(34-12-10-20(2)18-32)17-26(15-24)35-13-11-21(3)19-33/h8-9,14-17,32-33H,2-7,10-13,18-19H2,1H3. The minimum Gasteiger partial charge on any atom is -0.493 e. The van der Waals surface area contributed by atoms with Crippen LogP contribution in [0.3, 0.4) is 0 Å². The van der Waals surface area contributed by atoms with Crippen molar-refractivity contribution >= 4 is 0 Å². The number of aryl methyl sites for hydroxylation is 1. The van der Waals surface area contributed by atoms with Crippen LogP contribution in [0.2, 0.25) is 0 Å². The van der Waals surface area contributed by atoms with Crippen LogP contribution in [0.5, 0.6) is 11.5 Å². The molecular weight excluding hydrogens is 457 g/mol. The average Bonchev–Trinajstić information content (AvgIpc) is 2.83. The minimum absolute atomic E-state index is 0.142. The second kappa shape index (κ2) is 14.0. The molecule has 0 saturated carbocycles. The third kappa shape index (κ3) is 9.42. The molecule has 0 amide bonds. The van der Waals surface area contributed by atoms with E-state index in [0.29, 0.717) is 65.0 Å². The fourth-order valence-electron chi connectivity index (χ4n) is 3.49. The van der Waals surface area contributed by atoms with E-state index in [1.807, 2.05) is 6.92 Å². The lowest BCUT2D eigenvalue weighted by molar-refractivity contribution is -0.138. The molecule has 4 nitrogen and oxygen atoms in total. The smallest absolute Gasteiger partial charge is 0.416 e. The number of ether oxygens (including phenoxy) is 2. The van der Waals surface area contributed by atoms with Gasteiger partial charge in [-0.05, 0) is 58.9 Å². The molecule has 0 radical (unpaired) electrons. The van der Waals surface area contributed by atoms with Crippen LogP contribution in [-0.2, 0) is 12.6 Å². The number of halogens is 3. The highest BCUT2D eigenvalue weighted by Gasteiger charge is 2.33. The Labute approximate surface area is 205 Å². The summed E-state index contributed by atoms with van der Waals surface area (Å²) in [7, 11) is 0. The number of rotatable bonds is 15. The Morgan fingerprint density at radius 1 is 0.829 bits per heavy atom. The van der Waals surface area contributed by atoms with E-state index < -0.39 is 11.7 Å². The molecule has 0 saturated heterocycles. The SMILES string of the molecule is C=C(CO)CCOc1cc(OCCC(=C)CO)cc(-c2ccc(CCCCC)c(C(F)(F)F)c2)c1. The van der Waals surface area contributed by atoms with Crippen molar-refractivity contribution in [1.29, 1.82) is 0 Å². The molecule has 2 N–H and O–H groups in total. The van der Waals surface area contributed by atoms with Gasteiger partial charge in [0, 0.05) is 18.9 Å². The van der Waals surface area contributed by atoms with Crippen molar-refractivity contribution in [1.82, 2.24) is 0 Å². The van der Waals surface area contributed by atoms with E-state index in [2.05, 4.69) is 13.2 Å². The number of alkyl halides is 3. The third-order valence-corrected chi connectivity index (χ3v) is 5.57. The molecule has 0 fully saturated rings. The van der Waals surface area contributed by atoms with Crippen LogP contribution in [-0.4, -0.2) is 36.6 Å². The second-order valence-corrected chi connectivity index (χ2v) is 8.53. The summed E-state index contributed by atoms with van der Waals surface area (Å²) in [5.41, 5.74) is 1.85. The second-order valence-electron chi connectivity index (χ2n) is 8.53. The van der Waals surface area contributed by atoms with Crippen LogP contribution in [0.1, 0.15) is 50.2 Å². The van der Waals surface area contributed by atoms with E-state index in [-0.39, 0.29) is 26.4 Å². The fourth-order valence-corrected chi connectivity index (χ4v) is 3.49. The van der Waals surface area contributed by atoms with E-state index in [4.69, 9.17) is 19.7 Å². The zero-order valence-electron chi connectivity index (χ0n) is 20.3. The topological polar surface area (TPSA) is 58.9 Å². The first kappa shape index (κ1) is 28.5. The monoisotopic (exact) mass is 492 g/mol. The molecule has 0 aliphatic carbocycles. The van der Waals surface area contributed by atoms with Gasteiger partial charge >= 0.3 is 6.18 Å². The largest absolute Gasteiger partial charge is 0.493 e. The van der Waals surface area contributed by atoms with Crippen LogP contribution in [0.4, 0.5) is 13.2 Å². The number of hydrogen-bond acceptors (Lipinski definition) is 4. The molecule has 7 heteroatoms. The van der Waals surface area contributed by atoms with E-state index in [9.17, 15) is 13.2 Å². The van der Waals surface area contributed by atoms with E-state index in [0.717, 1.165) is 12.8 Å². The summed E-state index contributed by atoms with van der Waals surface area (Å²) in [4.78, 5) is 0. The zero-order chi connectivity index (χ0) is 25.8. The summed E-state index contributed by atoms with van der Waals surface area (Å²) in [5.74, 6) is 0.870. The quantitative estimate of drug-likeness (QED) is 0.214. The molecule has 192 valence electrons. The summed E-state index contributed by atoms with van der Waals surface area (Å²) in [6, 6.07) is 9.45. The Hall–Kier alpha value is -2.77. The first-order valence-electron chi connectivity index (χ1n) is 11.8. The van der Waals surface area contributed by atoms with Crippen LogP contribution in [0.15, 0.2) is 60.7 Å². The maximum Gasteiger partial charge on any atom is 0.416 e. The first-order valence-corrected chi connectivity index (χ1v) is 11.8. The summed E-state index contributed by atoms with van der Waals surface area (Å²) in [6.45, 7) is 9.71. The predicted molar refractivity (Wildman–Crippen MR) is 133 cm³/mol. The van der Waals surface area contributed by atoms with Crippen molar-refractivity contribution in [3.05, 3.63) is 71.8 Å². The van der Waals surface area contributed by atoms with Gasteiger partial charge in [0.15, 0.2) is 0 Å². The van der Waals surface area contributed by atoms with Crippen molar-refractivity contribution in [2.24, 2.45) is 0 Å². The number of benzene rings is 2. The Balaban J connectivity index is 2.37. The van der Waals surface area contributed by atoms with E-state index in [1.54, 1.807) is 30.3 Å². The van der Waals surface area contributed by atoms with Gasteiger partial charge in [0.2, 0.25) is 0 Å². The lowest BCUT2D eigenvalue weighted by Crippen LogP contribution is -2.09. The summed E-state index contributed by atoms with van der Waals surface area (Å²) in [5, 5.41) is 18.2. The highest BCUT2D eigenvalue weighted by atomic mass is 19.4. The Bertz CT molecular complexity index is 942. The summed E-state index contributed by atoms with van der Waals surface area (Å²) in [6.07, 6.45) is -0.671. The predicted octanol–water partition coefficient (Wildman–Crippen LogP) is 6.74. The van der Waals surface area contributed by atoms with Crippen molar-refractivity contribution in [2.75, 3.05) is 26.4 Å². The first-order chi connectivity index (χ1) is 16.7. The molecule has 0 spiro atoms. The molecule has 35 heavy (non-hydrogen) atoms. The van der Waals surface area contributed by atoms with Gasteiger partial charge < -0.3 is 19.7 Å². The van der Waals surface area contributed by atoms with E-state index >= 15 is 0 Å². The van der Waals surface area contributed by atoms with Gasteiger partial charge in [0.1, 0.15) is 11.5 Å².